The summed E-state index contributed by atoms with van der Waals surface area (Å²) >= 11 is 12.8. The van der Waals surface area contributed by atoms with E-state index in [9.17, 15) is 9.90 Å². The van der Waals surface area contributed by atoms with Crippen LogP contribution in [0, 0.1) is 0 Å². The monoisotopic (exact) mass is 543 g/mol. The summed E-state index contributed by atoms with van der Waals surface area (Å²) in [6, 6.07) is 13.1. The van der Waals surface area contributed by atoms with Gasteiger partial charge in [-0.15, -0.1) is 0 Å². The second-order valence-corrected chi connectivity index (χ2v) is 9.59. The number of ether oxygens (including phenoxy) is 3. The van der Waals surface area contributed by atoms with Crippen LogP contribution in [0.1, 0.15) is 30.1 Å². The number of hydrogen-bond donors (Lipinski definition) is 1. The lowest BCUT2D eigenvalue weighted by atomic mass is 10.1. The molecule has 1 N–H and O–H groups in total. The fourth-order valence-electron chi connectivity index (χ4n) is 4.36. The van der Waals surface area contributed by atoms with E-state index in [2.05, 4.69) is 16.0 Å². The quantitative estimate of drug-likeness (QED) is 0.354. The maximum Gasteiger partial charge on any atom is 0.263 e. The average Bonchev–Trinajstić information content (AvgIpc) is 3.75. The van der Waals surface area contributed by atoms with E-state index < -0.39 is 6.29 Å². The van der Waals surface area contributed by atoms with Gasteiger partial charge in [0, 0.05) is 50.3 Å². The van der Waals surface area contributed by atoms with Crippen molar-refractivity contribution < 1.29 is 24.1 Å². The van der Waals surface area contributed by atoms with Gasteiger partial charge in [0.15, 0.2) is 6.29 Å². The lowest BCUT2D eigenvalue weighted by Gasteiger charge is -2.38. The number of aromatic nitrogens is 1. The maximum atomic E-state index is 13.7. The van der Waals surface area contributed by atoms with Crippen molar-refractivity contribution in [3.63, 3.8) is 0 Å². The smallest absolute Gasteiger partial charge is 0.263 e. The van der Waals surface area contributed by atoms with Gasteiger partial charge in [0.1, 0.15) is 29.4 Å². The van der Waals surface area contributed by atoms with Gasteiger partial charge in [-0.25, -0.2) is 0 Å². The van der Waals surface area contributed by atoms with Gasteiger partial charge < -0.3 is 29.1 Å². The summed E-state index contributed by atoms with van der Waals surface area (Å²) in [6.45, 7) is 3.34. The number of hydrogen-bond acceptors (Lipinski definition) is 7. The zero-order valence-electron chi connectivity index (χ0n) is 20.3. The fourth-order valence-corrected chi connectivity index (χ4v) is 4.76. The molecule has 0 bridgehead atoms. The highest BCUT2D eigenvalue weighted by atomic mass is 35.5. The molecule has 0 radical (unpaired) electrons. The molecule has 1 fully saturated rings. The van der Waals surface area contributed by atoms with Crippen molar-refractivity contribution in [2.24, 2.45) is 0 Å². The number of amides is 1. The number of carbonyl (C=O) groups excluding carboxylic acids is 1. The molecule has 2 heterocycles. The Hall–Kier alpha value is -3.04. The molecule has 194 valence electrons. The number of para-hydroxylation sites is 2. The Morgan fingerprint density at radius 3 is 2.57 bits per heavy atom. The largest absolute Gasteiger partial charge is 0.487 e. The van der Waals surface area contributed by atoms with Gasteiger partial charge in [-0.2, -0.15) is 0 Å². The van der Waals surface area contributed by atoms with E-state index in [-0.39, 0.29) is 34.1 Å². The molecule has 1 atom stereocenters. The molecule has 5 rings (SSSR count). The molecule has 1 aliphatic heterocycles. The lowest BCUT2D eigenvalue weighted by molar-refractivity contribution is -0.115. The van der Waals surface area contributed by atoms with Crippen LogP contribution in [0.2, 0.25) is 10.0 Å². The van der Waals surface area contributed by atoms with Crippen molar-refractivity contribution in [2.75, 3.05) is 36.1 Å². The zero-order valence-corrected chi connectivity index (χ0v) is 21.8. The van der Waals surface area contributed by atoms with Crippen molar-refractivity contribution in [3.8, 4) is 17.2 Å². The van der Waals surface area contributed by atoms with Crippen LogP contribution in [-0.4, -0.2) is 54.6 Å². The van der Waals surface area contributed by atoms with Crippen LogP contribution in [0.25, 0.3) is 0 Å². The predicted molar refractivity (Wildman–Crippen MR) is 142 cm³/mol. The van der Waals surface area contributed by atoms with Crippen LogP contribution in [0.5, 0.6) is 17.2 Å². The molecule has 1 amide bonds. The van der Waals surface area contributed by atoms with E-state index in [1.54, 1.807) is 24.1 Å². The molecule has 2 aromatic carbocycles. The van der Waals surface area contributed by atoms with Crippen LogP contribution >= 0.6 is 23.2 Å². The summed E-state index contributed by atoms with van der Waals surface area (Å²) in [5.74, 6) is 0.621. The third-order valence-corrected chi connectivity index (χ3v) is 6.83. The Morgan fingerprint density at radius 2 is 1.81 bits per heavy atom. The predicted octanol–water partition coefficient (Wildman–Crippen LogP) is 5.54. The standard InChI is InChI=1S/C27H27Cl2N3O5/c1-2-35-26(33)16-36-24-13-20(29)25(14-19(24)28)37-23-9-10-30-15-18(23)27(34)32-12-11-31(17-7-8-17)21-5-3-4-6-22(21)32/h3-6,9-10,13-15,17,26,33H,2,7-8,11-12,16H2,1H3. The summed E-state index contributed by atoms with van der Waals surface area (Å²) in [5, 5.41) is 10.2. The van der Waals surface area contributed by atoms with Crippen molar-refractivity contribution in [3.05, 3.63) is 70.5 Å². The molecule has 1 saturated carbocycles. The second-order valence-electron chi connectivity index (χ2n) is 8.78. The van der Waals surface area contributed by atoms with Gasteiger partial charge in [-0.3, -0.25) is 9.78 Å². The molecule has 1 aromatic heterocycles. The molecule has 8 nitrogen and oxygen atoms in total. The summed E-state index contributed by atoms with van der Waals surface area (Å²) in [5.41, 5.74) is 2.25. The van der Waals surface area contributed by atoms with Gasteiger partial charge in [0.2, 0.25) is 0 Å². The number of pyridine rings is 1. The first-order valence-corrected chi connectivity index (χ1v) is 12.9. The van der Waals surface area contributed by atoms with Gasteiger partial charge >= 0.3 is 0 Å². The van der Waals surface area contributed by atoms with E-state index in [1.807, 2.05) is 18.2 Å². The van der Waals surface area contributed by atoms with Crippen LogP contribution in [-0.2, 0) is 4.74 Å². The van der Waals surface area contributed by atoms with Crippen LogP contribution < -0.4 is 19.3 Å². The van der Waals surface area contributed by atoms with Gasteiger partial charge in [0.25, 0.3) is 5.91 Å². The van der Waals surface area contributed by atoms with Gasteiger partial charge in [0.05, 0.1) is 21.4 Å². The van der Waals surface area contributed by atoms with E-state index in [0.717, 1.165) is 17.9 Å². The Labute approximate surface area is 225 Å². The summed E-state index contributed by atoms with van der Waals surface area (Å²) < 4.78 is 16.6. The minimum absolute atomic E-state index is 0.109. The van der Waals surface area contributed by atoms with Crippen molar-refractivity contribution in [1.29, 1.82) is 0 Å². The number of fused-ring (bicyclic) bond motifs is 1. The van der Waals surface area contributed by atoms with E-state index in [0.29, 0.717) is 30.5 Å². The molecule has 10 heteroatoms. The van der Waals surface area contributed by atoms with E-state index in [4.69, 9.17) is 37.4 Å². The molecular formula is C27H27Cl2N3O5. The molecule has 0 spiro atoms. The third kappa shape index (κ3) is 5.62. The third-order valence-electron chi connectivity index (χ3n) is 6.24. The summed E-state index contributed by atoms with van der Waals surface area (Å²) in [7, 11) is 0. The minimum atomic E-state index is -1.09. The molecular weight excluding hydrogens is 517 g/mol. The van der Waals surface area contributed by atoms with E-state index in [1.165, 1.54) is 31.2 Å². The number of benzene rings is 2. The van der Waals surface area contributed by atoms with E-state index >= 15 is 0 Å². The summed E-state index contributed by atoms with van der Waals surface area (Å²) in [6.07, 6.45) is 4.33. The first kappa shape index (κ1) is 25.6. The first-order valence-electron chi connectivity index (χ1n) is 12.2. The Kier molecular flexibility index (Phi) is 7.71. The van der Waals surface area contributed by atoms with Crippen molar-refractivity contribution in [2.45, 2.75) is 32.1 Å². The zero-order chi connectivity index (χ0) is 25.9. The average molecular weight is 544 g/mol. The highest BCUT2D eigenvalue weighted by molar-refractivity contribution is 6.35. The minimum Gasteiger partial charge on any atom is -0.487 e. The normalized spacial score (nSPS) is 15.8. The van der Waals surface area contributed by atoms with Gasteiger partial charge in [-0.05, 0) is 38.0 Å². The fraction of sp³-hybridized carbons (Fsp3) is 0.333. The number of halogens is 2. The number of rotatable bonds is 9. The van der Waals surface area contributed by atoms with Crippen molar-refractivity contribution >= 4 is 40.5 Å². The number of anilines is 2. The van der Waals surface area contributed by atoms with Crippen LogP contribution in [0.3, 0.4) is 0 Å². The van der Waals surface area contributed by atoms with Crippen molar-refractivity contribution in [1.82, 2.24) is 4.98 Å². The number of aliphatic hydroxyl groups is 1. The lowest BCUT2D eigenvalue weighted by Crippen LogP contribution is -2.45. The highest BCUT2D eigenvalue weighted by Crippen LogP contribution is 2.42. The summed E-state index contributed by atoms with van der Waals surface area (Å²) in [4.78, 5) is 22.1. The van der Waals surface area contributed by atoms with Crippen LogP contribution in [0.4, 0.5) is 11.4 Å². The first-order chi connectivity index (χ1) is 18.0. The molecule has 3 aromatic rings. The Balaban J connectivity index is 1.37. The topological polar surface area (TPSA) is 84.4 Å². The SMILES string of the molecule is CCOC(O)COc1cc(Cl)c(Oc2ccncc2C(=O)N2CCN(C3CC3)c3ccccc32)cc1Cl. The molecule has 2 aliphatic rings. The number of nitrogens with zero attached hydrogens (tertiary/aromatic N) is 3. The number of carbonyl (C=O) groups is 1. The van der Waals surface area contributed by atoms with Crippen LogP contribution in [0.15, 0.2) is 54.9 Å². The number of aliphatic hydroxyl groups excluding tert-OH is 1. The molecule has 1 aliphatic carbocycles. The molecule has 1 unspecified atom stereocenters. The molecule has 0 saturated heterocycles. The van der Waals surface area contributed by atoms with Gasteiger partial charge in [-0.1, -0.05) is 35.3 Å². The highest BCUT2D eigenvalue weighted by Gasteiger charge is 2.36. The molecule has 37 heavy (non-hydrogen) atoms. The maximum absolute atomic E-state index is 13.7. The Bertz CT molecular complexity index is 1290. The second kappa shape index (κ2) is 11.1. The Morgan fingerprint density at radius 1 is 1.08 bits per heavy atom.